The van der Waals surface area contributed by atoms with E-state index in [4.69, 9.17) is 23.2 Å². The fourth-order valence-corrected chi connectivity index (χ4v) is 5.10. The van der Waals surface area contributed by atoms with E-state index in [1.807, 2.05) is 0 Å². The van der Waals surface area contributed by atoms with E-state index in [1.54, 1.807) is 13.8 Å². The molecule has 0 spiro atoms. The zero-order valence-corrected chi connectivity index (χ0v) is 15.1. The van der Waals surface area contributed by atoms with Crippen LogP contribution >= 0.6 is 35.0 Å². The Labute approximate surface area is 152 Å². The third kappa shape index (κ3) is 2.64. The Morgan fingerprint density at radius 3 is 2.71 bits per heavy atom. The molecule has 2 fully saturated rings. The molecule has 0 bridgehead atoms. The molecule has 6 nitrogen and oxygen atoms in total. The number of nitrogens with zero attached hydrogens (tertiary/aromatic N) is 2. The van der Waals surface area contributed by atoms with Gasteiger partial charge in [0.05, 0.1) is 5.02 Å². The van der Waals surface area contributed by atoms with Gasteiger partial charge in [-0.05, 0) is 26.0 Å². The van der Waals surface area contributed by atoms with Gasteiger partial charge in [-0.2, -0.15) is 0 Å². The minimum absolute atomic E-state index is 0.0906. The number of amides is 1. The van der Waals surface area contributed by atoms with Crippen molar-refractivity contribution in [1.82, 2.24) is 4.90 Å². The average molecular weight is 389 g/mol. The fraction of sp³-hybridized carbons (Fsp3) is 0.400. The van der Waals surface area contributed by atoms with E-state index in [1.165, 1.54) is 35.0 Å². The molecule has 1 amide bonds. The van der Waals surface area contributed by atoms with E-state index >= 15 is 0 Å². The number of carbonyl (C=O) groups excluding carboxylic acids is 1. The molecular formula is C15H14Cl2N2O4S. The summed E-state index contributed by atoms with van der Waals surface area (Å²) in [5.74, 6) is -1.53. The lowest BCUT2D eigenvalue weighted by atomic mass is 9.96. The zero-order chi connectivity index (χ0) is 17.8. The predicted octanol–water partition coefficient (Wildman–Crippen LogP) is 2.63. The lowest BCUT2D eigenvalue weighted by Gasteiger charge is -2.41. The third-order valence-corrected chi connectivity index (χ3v) is 6.14. The minimum atomic E-state index is -1.02. The van der Waals surface area contributed by atoms with Crippen molar-refractivity contribution in [2.45, 2.75) is 36.1 Å². The van der Waals surface area contributed by atoms with Crippen molar-refractivity contribution in [3.8, 4) is 5.75 Å². The van der Waals surface area contributed by atoms with E-state index in [0.717, 1.165) is 0 Å². The van der Waals surface area contributed by atoms with Gasteiger partial charge in [-0.1, -0.05) is 23.2 Å². The smallest absolute Gasteiger partial charge is 0.327 e. The van der Waals surface area contributed by atoms with Crippen molar-refractivity contribution in [3.63, 3.8) is 0 Å². The van der Waals surface area contributed by atoms with Crippen molar-refractivity contribution >= 4 is 53.1 Å². The van der Waals surface area contributed by atoms with Crippen LogP contribution in [-0.2, 0) is 9.59 Å². The first-order valence-corrected chi connectivity index (χ1v) is 8.71. The Bertz CT molecular complexity index is 768. The summed E-state index contributed by atoms with van der Waals surface area (Å²) in [6.45, 7) is 3.59. The number of phenols is 1. The molecule has 3 atom stereocenters. The third-order valence-electron chi connectivity index (χ3n) is 4.08. The standard InChI is InChI=1S/C15H14Cl2N2O4S/c1-15(2)11(14(22)23)19-12(21)9(13(19)24-15)18-5-6-3-7(16)4-8(17)10(6)20/h3-5,9,11,13,20H,1-2H3,(H,22,23). The molecule has 2 N–H and O–H groups in total. The molecule has 24 heavy (non-hydrogen) atoms. The highest BCUT2D eigenvalue weighted by Gasteiger charge is 2.63. The molecule has 0 aliphatic carbocycles. The van der Waals surface area contributed by atoms with Crippen LogP contribution in [0.2, 0.25) is 10.0 Å². The van der Waals surface area contributed by atoms with E-state index < -0.39 is 22.8 Å². The van der Waals surface area contributed by atoms with Crippen LogP contribution in [0.1, 0.15) is 19.4 Å². The Kier molecular flexibility index (Phi) is 4.22. The molecule has 3 rings (SSSR count). The highest BCUT2D eigenvalue weighted by atomic mass is 35.5. The largest absolute Gasteiger partial charge is 0.506 e. The number of fused-ring (bicyclic) bond motifs is 1. The number of halogens is 2. The summed E-state index contributed by atoms with van der Waals surface area (Å²) in [6, 6.07) is 1.33. The van der Waals surface area contributed by atoms with Gasteiger partial charge in [0.2, 0.25) is 0 Å². The number of aliphatic carboxylic acids is 1. The predicted molar refractivity (Wildman–Crippen MR) is 93.2 cm³/mol. The van der Waals surface area contributed by atoms with Crippen LogP contribution < -0.4 is 0 Å². The highest BCUT2D eigenvalue weighted by Crippen LogP contribution is 2.51. The van der Waals surface area contributed by atoms with Gasteiger partial charge in [-0.3, -0.25) is 9.79 Å². The summed E-state index contributed by atoms with van der Waals surface area (Å²) in [7, 11) is 0. The number of phenolic OH excluding ortho intramolecular Hbond substituents is 1. The molecule has 128 valence electrons. The van der Waals surface area contributed by atoms with E-state index in [0.29, 0.717) is 10.6 Å². The molecule has 2 aliphatic heterocycles. The van der Waals surface area contributed by atoms with Crippen LogP contribution in [0.15, 0.2) is 17.1 Å². The Balaban J connectivity index is 1.84. The minimum Gasteiger partial charge on any atom is -0.506 e. The summed E-state index contributed by atoms with van der Waals surface area (Å²) in [5, 5.41) is 19.4. The number of benzene rings is 1. The van der Waals surface area contributed by atoms with Crippen molar-refractivity contribution in [3.05, 3.63) is 27.7 Å². The number of hydrogen-bond donors (Lipinski definition) is 2. The van der Waals surface area contributed by atoms with Crippen LogP contribution in [0.3, 0.4) is 0 Å². The highest BCUT2D eigenvalue weighted by molar-refractivity contribution is 8.01. The van der Waals surface area contributed by atoms with Crippen molar-refractivity contribution in [2.24, 2.45) is 4.99 Å². The normalized spacial score (nSPS) is 28.1. The molecule has 0 aromatic heterocycles. The summed E-state index contributed by atoms with van der Waals surface area (Å²) < 4.78 is -0.599. The van der Waals surface area contributed by atoms with E-state index in [-0.39, 0.29) is 22.1 Å². The molecule has 2 aliphatic rings. The maximum Gasteiger partial charge on any atom is 0.327 e. The molecule has 1 aromatic carbocycles. The summed E-state index contributed by atoms with van der Waals surface area (Å²) in [5.41, 5.74) is 0.302. The van der Waals surface area contributed by atoms with E-state index in [2.05, 4.69) is 4.99 Å². The SMILES string of the molecule is CC1(C)SC2C(N=Cc3cc(Cl)cc(Cl)c3O)C(=O)N2C1C(=O)O. The molecule has 0 saturated carbocycles. The van der Waals surface area contributed by atoms with Gasteiger partial charge in [0.1, 0.15) is 17.2 Å². The summed E-state index contributed by atoms with van der Waals surface area (Å²) in [4.78, 5) is 29.3. The second-order valence-corrected chi connectivity index (χ2v) is 8.76. The summed E-state index contributed by atoms with van der Waals surface area (Å²) >= 11 is 13.2. The number of carboxylic acids is 1. The van der Waals surface area contributed by atoms with Gasteiger partial charge >= 0.3 is 5.97 Å². The maximum absolute atomic E-state index is 12.3. The topological polar surface area (TPSA) is 90.2 Å². The van der Waals surface area contributed by atoms with Gasteiger partial charge in [-0.15, -0.1) is 11.8 Å². The quantitative estimate of drug-likeness (QED) is 0.613. The molecule has 2 saturated heterocycles. The van der Waals surface area contributed by atoms with Crippen molar-refractivity contribution < 1.29 is 19.8 Å². The molecule has 2 heterocycles. The maximum atomic E-state index is 12.3. The second-order valence-electron chi connectivity index (χ2n) is 6.15. The number of β-lactam (4-membered cyclic amide) rings is 1. The number of rotatable bonds is 3. The number of hydrogen-bond acceptors (Lipinski definition) is 5. The molecule has 3 unspecified atom stereocenters. The lowest BCUT2D eigenvalue weighted by Crippen LogP contribution is -2.64. The molecule has 9 heteroatoms. The van der Waals surface area contributed by atoms with Gasteiger partial charge in [0, 0.05) is 21.5 Å². The number of aliphatic imine (C=N–C) groups is 1. The molecule has 0 radical (unpaired) electrons. The first-order valence-electron chi connectivity index (χ1n) is 7.07. The number of carboxylic acid groups (broad SMARTS) is 1. The molecule has 1 aromatic rings. The fourth-order valence-electron chi connectivity index (χ4n) is 2.97. The monoisotopic (exact) mass is 388 g/mol. The Morgan fingerprint density at radius 2 is 2.08 bits per heavy atom. The van der Waals surface area contributed by atoms with Crippen LogP contribution in [-0.4, -0.2) is 55.4 Å². The molecular weight excluding hydrogens is 375 g/mol. The number of carbonyl (C=O) groups is 2. The van der Waals surface area contributed by atoms with Gasteiger partial charge < -0.3 is 15.1 Å². The summed E-state index contributed by atoms with van der Waals surface area (Å²) in [6.07, 6.45) is 1.34. The van der Waals surface area contributed by atoms with Crippen LogP contribution in [0.5, 0.6) is 5.75 Å². The first-order chi connectivity index (χ1) is 11.1. The lowest BCUT2D eigenvalue weighted by molar-refractivity contribution is -0.158. The van der Waals surface area contributed by atoms with Crippen LogP contribution in [0.25, 0.3) is 0 Å². The second kappa shape index (κ2) is 5.82. The van der Waals surface area contributed by atoms with Crippen LogP contribution in [0, 0.1) is 0 Å². The number of aromatic hydroxyl groups is 1. The van der Waals surface area contributed by atoms with E-state index in [9.17, 15) is 19.8 Å². The van der Waals surface area contributed by atoms with Gasteiger partial charge in [0.15, 0.2) is 6.04 Å². The van der Waals surface area contributed by atoms with Crippen molar-refractivity contribution in [2.75, 3.05) is 0 Å². The average Bonchev–Trinajstić information content (AvgIpc) is 2.72. The number of thioether (sulfide) groups is 1. The van der Waals surface area contributed by atoms with Crippen molar-refractivity contribution in [1.29, 1.82) is 0 Å². The van der Waals surface area contributed by atoms with Crippen LogP contribution in [0.4, 0.5) is 0 Å². The van der Waals surface area contributed by atoms with Gasteiger partial charge in [-0.25, -0.2) is 4.79 Å². The zero-order valence-electron chi connectivity index (χ0n) is 12.7. The Morgan fingerprint density at radius 1 is 1.42 bits per heavy atom. The van der Waals surface area contributed by atoms with Gasteiger partial charge in [0.25, 0.3) is 5.91 Å². The first kappa shape index (κ1) is 17.4. The Hall–Kier alpha value is -1.44.